The molecule has 0 atom stereocenters. The van der Waals surface area contributed by atoms with Crippen LogP contribution >= 0.6 is 0 Å². The fraction of sp³-hybridized carbons (Fsp3) is 0.158. The van der Waals surface area contributed by atoms with Crippen molar-refractivity contribution < 1.29 is 13.9 Å². The largest absolute Gasteiger partial charge is 0.463 e. The zero-order chi connectivity index (χ0) is 18.5. The summed E-state index contributed by atoms with van der Waals surface area (Å²) in [5.74, 6) is 0.460. The van der Waals surface area contributed by atoms with Gasteiger partial charge in [-0.1, -0.05) is 12.1 Å². The number of amides is 1. The lowest BCUT2D eigenvalue weighted by Gasteiger charge is -2.10. The lowest BCUT2D eigenvalue weighted by atomic mass is 10.1. The number of rotatable bonds is 5. The van der Waals surface area contributed by atoms with E-state index in [4.69, 9.17) is 4.74 Å². The zero-order valence-corrected chi connectivity index (χ0v) is 14.4. The molecule has 0 bridgehead atoms. The van der Waals surface area contributed by atoms with Crippen LogP contribution in [0.5, 0.6) is 5.75 Å². The summed E-state index contributed by atoms with van der Waals surface area (Å²) in [6.07, 6.45) is 4.62. The second kappa shape index (κ2) is 7.69. The van der Waals surface area contributed by atoms with Crippen LogP contribution in [0.25, 0.3) is 11.3 Å². The quantitative estimate of drug-likeness (QED) is 0.757. The summed E-state index contributed by atoms with van der Waals surface area (Å²) in [5, 5.41) is 2.72. The number of nitrogens with zero attached hydrogens (tertiary/aromatic N) is 3. The zero-order valence-electron chi connectivity index (χ0n) is 14.4. The van der Waals surface area contributed by atoms with Crippen molar-refractivity contribution in [1.82, 2.24) is 15.0 Å². The lowest BCUT2D eigenvalue weighted by molar-refractivity contribution is 0.102. The summed E-state index contributed by atoms with van der Waals surface area (Å²) in [7, 11) is 0. The van der Waals surface area contributed by atoms with Crippen LogP contribution in [0.4, 0.5) is 10.2 Å². The standard InChI is InChI=1S/C19H17FN4O2/c1-12-6-7-21-9-16(12)19(25)24-17-10-22-18(13(2)23-17)14-4-3-5-15(8-14)26-11-20/h3-10H,11H2,1-2H3,(H,23,24,25). The van der Waals surface area contributed by atoms with Crippen molar-refractivity contribution in [1.29, 1.82) is 0 Å². The first kappa shape index (κ1) is 17.5. The van der Waals surface area contributed by atoms with Crippen LogP contribution in [0.1, 0.15) is 21.6 Å². The summed E-state index contributed by atoms with van der Waals surface area (Å²) in [6.45, 7) is 2.73. The van der Waals surface area contributed by atoms with Crippen LogP contribution < -0.4 is 10.1 Å². The molecule has 0 spiro atoms. The molecule has 1 aromatic carbocycles. The first-order chi connectivity index (χ1) is 12.6. The maximum absolute atomic E-state index is 12.3. The van der Waals surface area contributed by atoms with E-state index in [0.717, 1.165) is 11.1 Å². The van der Waals surface area contributed by atoms with Crippen LogP contribution in [0.2, 0.25) is 0 Å². The molecule has 132 valence electrons. The van der Waals surface area contributed by atoms with Gasteiger partial charge in [-0.3, -0.25) is 14.8 Å². The Morgan fingerprint density at radius 2 is 2.08 bits per heavy atom. The van der Waals surface area contributed by atoms with Crippen molar-refractivity contribution in [2.45, 2.75) is 13.8 Å². The number of halogens is 1. The third-order valence-corrected chi connectivity index (χ3v) is 3.80. The number of nitrogens with one attached hydrogen (secondary N) is 1. The van der Waals surface area contributed by atoms with Crippen LogP contribution in [0.15, 0.2) is 48.9 Å². The van der Waals surface area contributed by atoms with Crippen molar-refractivity contribution >= 4 is 11.7 Å². The molecule has 0 aliphatic carbocycles. The molecule has 26 heavy (non-hydrogen) atoms. The Balaban J connectivity index is 1.83. The second-order valence-corrected chi connectivity index (χ2v) is 5.62. The Labute approximate surface area is 150 Å². The molecule has 1 amide bonds. The molecule has 1 N–H and O–H groups in total. The summed E-state index contributed by atoms with van der Waals surface area (Å²) in [4.78, 5) is 25.1. The highest BCUT2D eigenvalue weighted by Gasteiger charge is 2.12. The molecule has 0 radical (unpaired) electrons. The molecule has 3 aromatic rings. The van der Waals surface area contributed by atoms with Crippen molar-refractivity contribution in [3.63, 3.8) is 0 Å². The van der Waals surface area contributed by atoms with E-state index in [1.54, 1.807) is 37.4 Å². The minimum absolute atomic E-state index is 0.296. The molecule has 0 saturated heterocycles. The molecule has 0 fully saturated rings. The average Bonchev–Trinajstić information content (AvgIpc) is 2.62. The highest BCUT2D eigenvalue weighted by molar-refractivity contribution is 6.04. The third-order valence-electron chi connectivity index (χ3n) is 3.80. The van der Waals surface area contributed by atoms with Gasteiger partial charge in [0, 0.05) is 18.0 Å². The number of anilines is 1. The van der Waals surface area contributed by atoms with Gasteiger partial charge in [0.15, 0.2) is 5.82 Å². The van der Waals surface area contributed by atoms with E-state index in [1.165, 1.54) is 12.4 Å². The predicted octanol–water partition coefficient (Wildman–Crippen LogP) is 3.71. The smallest absolute Gasteiger partial charge is 0.258 e. The number of alkyl halides is 1. The summed E-state index contributed by atoms with van der Waals surface area (Å²) >= 11 is 0. The van der Waals surface area contributed by atoms with Crippen LogP contribution in [-0.2, 0) is 0 Å². The third kappa shape index (κ3) is 3.83. The Morgan fingerprint density at radius 3 is 2.81 bits per heavy atom. The lowest BCUT2D eigenvalue weighted by Crippen LogP contribution is -2.15. The average molecular weight is 352 g/mol. The molecule has 0 saturated carbocycles. The summed E-state index contributed by atoms with van der Waals surface area (Å²) < 4.78 is 17.2. The molecule has 0 aliphatic heterocycles. The first-order valence-electron chi connectivity index (χ1n) is 7.93. The number of hydrogen-bond acceptors (Lipinski definition) is 5. The SMILES string of the molecule is Cc1ccncc1C(=O)Nc1cnc(-c2cccc(OCF)c2)c(C)n1. The maximum Gasteiger partial charge on any atom is 0.258 e. The molecule has 2 aromatic heterocycles. The molecule has 0 aliphatic rings. The van der Waals surface area contributed by atoms with E-state index in [2.05, 4.69) is 20.3 Å². The molecule has 3 rings (SSSR count). The van der Waals surface area contributed by atoms with E-state index in [1.807, 2.05) is 13.0 Å². The number of carbonyl (C=O) groups excluding carboxylic acids is 1. The van der Waals surface area contributed by atoms with E-state index in [0.29, 0.717) is 28.5 Å². The monoisotopic (exact) mass is 352 g/mol. The molecule has 7 heteroatoms. The van der Waals surface area contributed by atoms with Gasteiger partial charge in [-0.05, 0) is 37.6 Å². The molecular weight excluding hydrogens is 335 g/mol. The number of aryl methyl sites for hydroxylation is 2. The Kier molecular flexibility index (Phi) is 5.17. The Morgan fingerprint density at radius 1 is 1.23 bits per heavy atom. The van der Waals surface area contributed by atoms with Crippen molar-refractivity contribution in [2.75, 3.05) is 12.2 Å². The second-order valence-electron chi connectivity index (χ2n) is 5.62. The van der Waals surface area contributed by atoms with Crippen LogP contribution in [-0.4, -0.2) is 27.7 Å². The summed E-state index contributed by atoms with van der Waals surface area (Å²) in [5.41, 5.74) is 3.31. The molecule has 6 nitrogen and oxygen atoms in total. The number of benzene rings is 1. The van der Waals surface area contributed by atoms with Gasteiger partial charge in [-0.15, -0.1) is 0 Å². The Hall–Kier alpha value is -3.35. The minimum Gasteiger partial charge on any atom is -0.463 e. The topological polar surface area (TPSA) is 77.0 Å². The molecule has 0 unspecified atom stereocenters. The number of hydrogen-bond donors (Lipinski definition) is 1. The van der Waals surface area contributed by atoms with Gasteiger partial charge in [0.2, 0.25) is 6.86 Å². The number of aromatic nitrogens is 3. The maximum atomic E-state index is 12.3. The van der Waals surface area contributed by atoms with Gasteiger partial charge in [-0.2, -0.15) is 0 Å². The highest BCUT2D eigenvalue weighted by Crippen LogP contribution is 2.25. The normalized spacial score (nSPS) is 10.4. The van der Waals surface area contributed by atoms with Gasteiger partial charge in [0.25, 0.3) is 5.91 Å². The fourth-order valence-electron chi connectivity index (χ4n) is 2.51. The van der Waals surface area contributed by atoms with Gasteiger partial charge >= 0.3 is 0 Å². The fourth-order valence-corrected chi connectivity index (χ4v) is 2.51. The van der Waals surface area contributed by atoms with Crippen molar-refractivity contribution in [3.8, 4) is 17.0 Å². The van der Waals surface area contributed by atoms with Crippen molar-refractivity contribution in [3.05, 3.63) is 65.7 Å². The van der Waals surface area contributed by atoms with Crippen molar-refractivity contribution in [2.24, 2.45) is 0 Å². The first-order valence-corrected chi connectivity index (χ1v) is 7.93. The van der Waals surface area contributed by atoms with E-state index >= 15 is 0 Å². The number of pyridine rings is 1. The summed E-state index contributed by atoms with van der Waals surface area (Å²) in [6, 6.07) is 8.70. The molecular formula is C19H17FN4O2. The van der Waals surface area contributed by atoms with Crippen LogP contribution in [0, 0.1) is 13.8 Å². The van der Waals surface area contributed by atoms with E-state index in [9.17, 15) is 9.18 Å². The minimum atomic E-state index is -0.896. The van der Waals surface area contributed by atoms with Gasteiger partial charge < -0.3 is 10.1 Å². The Bertz CT molecular complexity index is 946. The van der Waals surface area contributed by atoms with Crippen LogP contribution in [0.3, 0.4) is 0 Å². The van der Waals surface area contributed by atoms with E-state index < -0.39 is 6.86 Å². The number of carbonyl (C=O) groups is 1. The predicted molar refractivity (Wildman–Crippen MR) is 95.7 cm³/mol. The van der Waals surface area contributed by atoms with E-state index in [-0.39, 0.29) is 5.91 Å². The van der Waals surface area contributed by atoms with Gasteiger partial charge in [0.05, 0.1) is 23.1 Å². The van der Waals surface area contributed by atoms with Gasteiger partial charge in [-0.25, -0.2) is 9.37 Å². The highest BCUT2D eigenvalue weighted by atomic mass is 19.1. The molecule has 2 heterocycles. The number of ether oxygens (including phenoxy) is 1. The van der Waals surface area contributed by atoms with Gasteiger partial charge in [0.1, 0.15) is 5.75 Å².